The van der Waals surface area contributed by atoms with E-state index in [1.807, 2.05) is 19.1 Å². The lowest BCUT2D eigenvalue weighted by molar-refractivity contribution is 0.409. The molecule has 1 aliphatic rings. The zero-order chi connectivity index (χ0) is 11.0. The summed E-state index contributed by atoms with van der Waals surface area (Å²) in [5, 5.41) is 18.4. The van der Waals surface area contributed by atoms with Gasteiger partial charge in [0.25, 0.3) is 0 Å². The van der Waals surface area contributed by atoms with Crippen molar-refractivity contribution < 1.29 is 14.8 Å². The van der Waals surface area contributed by atoms with Crippen LogP contribution in [0.5, 0.6) is 5.75 Å². The van der Waals surface area contributed by atoms with Gasteiger partial charge in [0.05, 0.1) is 7.11 Å². The molecule has 4 heteroatoms. The van der Waals surface area contributed by atoms with Crippen LogP contribution in [0.25, 0.3) is 0 Å². The Bertz CT molecular complexity index is 372. The van der Waals surface area contributed by atoms with Crippen LogP contribution in [0.2, 0.25) is 0 Å². The van der Waals surface area contributed by atoms with Gasteiger partial charge in [-0.15, -0.1) is 0 Å². The van der Waals surface area contributed by atoms with Crippen LogP contribution in [-0.2, 0) is 0 Å². The van der Waals surface area contributed by atoms with E-state index in [0.29, 0.717) is 11.4 Å². The molecule has 15 heavy (non-hydrogen) atoms. The first-order valence-corrected chi connectivity index (χ1v) is 5.18. The molecule has 2 rings (SSSR count). The second-order valence-corrected chi connectivity index (χ2v) is 4.10. The summed E-state index contributed by atoms with van der Waals surface area (Å²) in [7, 11) is 0.254. The Labute approximate surface area is 89.8 Å². The largest absolute Gasteiger partial charge is 0.496 e. The SMILES string of the molecule is COc1cc(C)c(B(O)O)cc1C1CC1. The predicted molar refractivity (Wildman–Crippen MR) is 59.5 cm³/mol. The first-order chi connectivity index (χ1) is 7.13. The monoisotopic (exact) mass is 206 g/mol. The number of hydrogen-bond acceptors (Lipinski definition) is 3. The zero-order valence-electron chi connectivity index (χ0n) is 9.03. The summed E-state index contributed by atoms with van der Waals surface area (Å²) < 4.78 is 5.30. The normalized spacial score (nSPS) is 15.2. The van der Waals surface area contributed by atoms with Gasteiger partial charge in [0.15, 0.2) is 0 Å². The van der Waals surface area contributed by atoms with Crippen LogP contribution in [-0.4, -0.2) is 24.3 Å². The van der Waals surface area contributed by atoms with Gasteiger partial charge < -0.3 is 14.8 Å². The average Bonchev–Trinajstić information content (AvgIpc) is 3.00. The first-order valence-electron chi connectivity index (χ1n) is 5.18. The Morgan fingerprint density at radius 2 is 2.00 bits per heavy atom. The lowest BCUT2D eigenvalue weighted by Gasteiger charge is -2.12. The first kappa shape index (κ1) is 10.5. The number of rotatable bonds is 3. The fraction of sp³-hybridized carbons (Fsp3) is 0.455. The van der Waals surface area contributed by atoms with Crippen LogP contribution in [0.3, 0.4) is 0 Å². The molecule has 0 aliphatic heterocycles. The van der Waals surface area contributed by atoms with Crippen LogP contribution in [0, 0.1) is 6.92 Å². The van der Waals surface area contributed by atoms with Crippen molar-refractivity contribution in [3.63, 3.8) is 0 Å². The van der Waals surface area contributed by atoms with Crippen molar-refractivity contribution in [1.29, 1.82) is 0 Å². The van der Waals surface area contributed by atoms with E-state index in [9.17, 15) is 10.0 Å². The quantitative estimate of drug-likeness (QED) is 0.710. The van der Waals surface area contributed by atoms with Gasteiger partial charge in [0.2, 0.25) is 0 Å². The van der Waals surface area contributed by atoms with Crippen molar-refractivity contribution in [2.24, 2.45) is 0 Å². The van der Waals surface area contributed by atoms with Crippen molar-refractivity contribution in [2.45, 2.75) is 25.7 Å². The molecule has 0 bridgehead atoms. The van der Waals surface area contributed by atoms with E-state index in [-0.39, 0.29) is 0 Å². The van der Waals surface area contributed by atoms with E-state index >= 15 is 0 Å². The van der Waals surface area contributed by atoms with Crippen molar-refractivity contribution in [2.75, 3.05) is 7.11 Å². The molecular formula is C11H15BO3. The second-order valence-electron chi connectivity index (χ2n) is 4.10. The summed E-state index contributed by atoms with van der Waals surface area (Å²) in [6.45, 7) is 1.86. The molecule has 1 aliphatic carbocycles. The minimum atomic E-state index is -1.39. The van der Waals surface area contributed by atoms with Gasteiger partial charge in [-0.25, -0.2) is 0 Å². The second kappa shape index (κ2) is 3.87. The highest BCUT2D eigenvalue weighted by Crippen LogP contribution is 2.44. The Balaban J connectivity index is 2.46. The maximum absolute atomic E-state index is 9.21. The summed E-state index contributed by atoms with van der Waals surface area (Å²) >= 11 is 0. The molecule has 80 valence electrons. The van der Waals surface area contributed by atoms with Crippen molar-refractivity contribution in [1.82, 2.24) is 0 Å². The molecule has 1 aromatic rings. The number of hydrogen-bond donors (Lipinski definition) is 2. The molecule has 1 fully saturated rings. The molecule has 0 spiro atoms. The van der Waals surface area contributed by atoms with E-state index in [1.165, 1.54) is 12.8 Å². The molecule has 0 aromatic heterocycles. The minimum absolute atomic E-state index is 0.540. The van der Waals surface area contributed by atoms with Crippen molar-refractivity contribution in [3.8, 4) is 5.75 Å². The molecule has 0 atom stereocenters. The fourth-order valence-corrected chi connectivity index (χ4v) is 1.88. The molecule has 1 aromatic carbocycles. The average molecular weight is 206 g/mol. The topological polar surface area (TPSA) is 49.7 Å². The molecule has 2 N–H and O–H groups in total. The fourth-order valence-electron chi connectivity index (χ4n) is 1.88. The Morgan fingerprint density at radius 1 is 1.33 bits per heavy atom. The highest BCUT2D eigenvalue weighted by Gasteiger charge is 2.28. The summed E-state index contributed by atoms with van der Waals surface area (Å²) in [4.78, 5) is 0. The summed E-state index contributed by atoms with van der Waals surface area (Å²) in [6, 6.07) is 3.74. The Morgan fingerprint density at radius 3 is 2.47 bits per heavy atom. The predicted octanol–water partition coefficient (Wildman–Crippen LogP) is 0.561. The number of aryl methyl sites for hydroxylation is 1. The van der Waals surface area contributed by atoms with Crippen LogP contribution in [0.4, 0.5) is 0 Å². The standard InChI is InChI=1S/C11H15BO3/c1-7-5-11(15-2)9(8-3-4-8)6-10(7)12(13)14/h5-6,8,13-14H,3-4H2,1-2H3. The summed E-state index contributed by atoms with van der Waals surface area (Å²) in [6.07, 6.45) is 2.33. The molecule has 0 radical (unpaired) electrons. The van der Waals surface area contributed by atoms with Gasteiger partial charge in [-0.1, -0.05) is 6.07 Å². The lowest BCUT2D eigenvalue weighted by Crippen LogP contribution is -2.32. The van der Waals surface area contributed by atoms with E-state index in [0.717, 1.165) is 16.9 Å². The van der Waals surface area contributed by atoms with Gasteiger partial charge in [0.1, 0.15) is 5.75 Å². The third kappa shape index (κ3) is 2.01. The third-order valence-corrected chi connectivity index (χ3v) is 2.91. The molecule has 0 amide bonds. The van der Waals surface area contributed by atoms with Gasteiger partial charge in [-0.2, -0.15) is 0 Å². The Hall–Kier alpha value is -0.995. The highest BCUT2D eigenvalue weighted by molar-refractivity contribution is 6.59. The van der Waals surface area contributed by atoms with Crippen LogP contribution in [0.1, 0.15) is 29.9 Å². The lowest BCUT2D eigenvalue weighted by atomic mass is 9.76. The van der Waals surface area contributed by atoms with Gasteiger partial charge in [0, 0.05) is 0 Å². The van der Waals surface area contributed by atoms with E-state index in [2.05, 4.69) is 0 Å². The smallest absolute Gasteiger partial charge is 0.488 e. The summed E-state index contributed by atoms with van der Waals surface area (Å²) in [5.74, 6) is 1.40. The minimum Gasteiger partial charge on any atom is -0.496 e. The summed E-state index contributed by atoms with van der Waals surface area (Å²) in [5.41, 5.74) is 2.54. The molecule has 0 unspecified atom stereocenters. The molecule has 1 saturated carbocycles. The Kier molecular flexibility index (Phi) is 2.71. The zero-order valence-corrected chi connectivity index (χ0v) is 9.03. The number of methoxy groups -OCH3 is 1. The van der Waals surface area contributed by atoms with Crippen LogP contribution < -0.4 is 10.2 Å². The number of ether oxygens (including phenoxy) is 1. The van der Waals surface area contributed by atoms with E-state index < -0.39 is 7.12 Å². The van der Waals surface area contributed by atoms with E-state index in [1.54, 1.807) is 7.11 Å². The molecular weight excluding hydrogens is 191 g/mol. The van der Waals surface area contributed by atoms with Gasteiger partial charge in [-0.05, 0) is 48.3 Å². The van der Waals surface area contributed by atoms with Crippen LogP contribution in [0.15, 0.2) is 12.1 Å². The molecule has 0 heterocycles. The highest BCUT2D eigenvalue weighted by atomic mass is 16.5. The van der Waals surface area contributed by atoms with E-state index in [4.69, 9.17) is 4.74 Å². The van der Waals surface area contributed by atoms with Crippen molar-refractivity contribution >= 4 is 12.6 Å². The third-order valence-electron chi connectivity index (χ3n) is 2.91. The molecule has 0 saturated heterocycles. The van der Waals surface area contributed by atoms with Crippen molar-refractivity contribution in [3.05, 3.63) is 23.3 Å². The maximum Gasteiger partial charge on any atom is 0.488 e. The maximum atomic E-state index is 9.21. The van der Waals surface area contributed by atoms with Gasteiger partial charge >= 0.3 is 7.12 Å². The molecule has 3 nitrogen and oxygen atoms in total. The number of benzene rings is 1. The van der Waals surface area contributed by atoms with Gasteiger partial charge in [-0.3, -0.25) is 0 Å². The van der Waals surface area contributed by atoms with Crippen LogP contribution >= 0.6 is 0 Å².